The van der Waals surface area contributed by atoms with Crippen LogP contribution >= 0.6 is 38.5 Å². The zero-order valence-corrected chi connectivity index (χ0v) is 15.8. The number of carbonyl (C=O) groups excluding carboxylic acids is 2. The van der Waals surface area contributed by atoms with Crippen molar-refractivity contribution < 1.29 is 14.7 Å². The molecule has 120 valence electrons. The van der Waals surface area contributed by atoms with Gasteiger partial charge in [0.05, 0.1) is 5.69 Å². The van der Waals surface area contributed by atoms with Crippen molar-refractivity contribution in [1.29, 1.82) is 0 Å². The Labute approximate surface area is 156 Å². The maximum Gasteiger partial charge on any atom is 0.228 e. The van der Waals surface area contributed by atoms with Crippen molar-refractivity contribution in [2.24, 2.45) is 5.92 Å². The average Bonchev–Trinajstić information content (AvgIpc) is 2.50. The summed E-state index contributed by atoms with van der Waals surface area (Å²) >= 11 is 5.47. The van der Waals surface area contributed by atoms with Crippen molar-refractivity contribution in [2.75, 3.05) is 5.32 Å². The highest BCUT2D eigenvalue weighted by molar-refractivity contribution is 14.1. The maximum atomic E-state index is 12.5. The first kappa shape index (κ1) is 17.9. The molecule has 0 aliphatic heterocycles. The summed E-state index contributed by atoms with van der Waals surface area (Å²) < 4.78 is 1.83. The van der Waals surface area contributed by atoms with Crippen molar-refractivity contribution >= 4 is 56.1 Å². The number of carboxylic acids is 1. The first-order chi connectivity index (χ1) is 11.0. The summed E-state index contributed by atoms with van der Waals surface area (Å²) in [6.07, 6.45) is 0.0296. The van der Waals surface area contributed by atoms with Gasteiger partial charge in [0.2, 0.25) is 5.91 Å². The van der Waals surface area contributed by atoms with Crippen LogP contribution in [-0.2, 0) is 16.0 Å². The van der Waals surface area contributed by atoms with Gasteiger partial charge in [-0.25, -0.2) is 0 Å². The van der Waals surface area contributed by atoms with Gasteiger partial charge in [0.15, 0.2) is 0 Å². The van der Waals surface area contributed by atoms with E-state index in [0.717, 1.165) is 13.6 Å². The molecule has 2 aromatic rings. The van der Waals surface area contributed by atoms with Gasteiger partial charge in [-0.1, -0.05) is 40.2 Å². The van der Waals surface area contributed by atoms with Crippen molar-refractivity contribution in [3.8, 4) is 0 Å². The number of nitrogens with one attached hydrogen (secondary N) is 1. The molecule has 2 rings (SSSR count). The Morgan fingerprint density at radius 1 is 1.13 bits per heavy atom. The maximum absolute atomic E-state index is 12.5. The number of aliphatic carboxylic acids is 1. The number of rotatable bonds is 6. The molecule has 0 radical (unpaired) electrons. The normalized spacial score (nSPS) is 11.7. The lowest BCUT2D eigenvalue weighted by atomic mass is 9.95. The molecule has 2 aromatic carbocycles. The predicted octanol–water partition coefficient (Wildman–Crippen LogP) is 2.99. The van der Waals surface area contributed by atoms with E-state index in [-0.39, 0.29) is 12.3 Å². The summed E-state index contributed by atoms with van der Waals surface area (Å²) in [7, 11) is 0. The minimum Gasteiger partial charge on any atom is -0.550 e. The Hall–Kier alpha value is -1.41. The van der Waals surface area contributed by atoms with Crippen molar-refractivity contribution in [2.45, 2.75) is 12.8 Å². The quantitative estimate of drug-likeness (QED) is 0.638. The molecule has 0 aromatic heterocycles. The average molecular weight is 487 g/mol. The smallest absolute Gasteiger partial charge is 0.228 e. The largest absolute Gasteiger partial charge is 0.550 e. The van der Waals surface area contributed by atoms with Crippen LogP contribution in [0.2, 0.25) is 0 Å². The molecule has 0 unspecified atom stereocenters. The second kappa shape index (κ2) is 8.44. The lowest BCUT2D eigenvalue weighted by Gasteiger charge is -2.18. The first-order valence-corrected chi connectivity index (χ1v) is 8.82. The number of carboxylic acid groups (broad SMARTS) is 1. The Balaban J connectivity index is 2.13. The van der Waals surface area contributed by atoms with E-state index in [9.17, 15) is 14.7 Å². The summed E-state index contributed by atoms with van der Waals surface area (Å²) in [5, 5.41) is 13.8. The molecule has 0 bridgehead atoms. The van der Waals surface area contributed by atoms with Gasteiger partial charge in [0.1, 0.15) is 0 Å². The summed E-state index contributed by atoms with van der Waals surface area (Å²) in [5.74, 6) is -2.23. The molecule has 0 fully saturated rings. The number of hydrogen-bond donors (Lipinski definition) is 1. The molecule has 1 amide bonds. The number of para-hydroxylation sites is 1. The highest BCUT2D eigenvalue weighted by Crippen LogP contribution is 2.21. The van der Waals surface area contributed by atoms with E-state index in [2.05, 4.69) is 43.8 Å². The van der Waals surface area contributed by atoms with Gasteiger partial charge in [-0.15, -0.1) is 0 Å². The van der Waals surface area contributed by atoms with E-state index in [4.69, 9.17) is 0 Å². The Morgan fingerprint density at radius 3 is 2.39 bits per heavy atom. The minimum absolute atomic E-state index is 0.314. The summed E-state index contributed by atoms with van der Waals surface area (Å²) in [4.78, 5) is 23.4. The fourth-order valence-corrected chi connectivity index (χ4v) is 2.95. The van der Waals surface area contributed by atoms with Crippen LogP contribution in [-0.4, -0.2) is 11.9 Å². The number of hydrogen-bond acceptors (Lipinski definition) is 3. The van der Waals surface area contributed by atoms with Gasteiger partial charge in [-0.2, -0.15) is 0 Å². The zero-order valence-electron chi connectivity index (χ0n) is 12.1. The highest BCUT2D eigenvalue weighted by Gasteiger charge is 2.20. The standard InChI is InChI=1S/C17H15BrINO3/c18-13-7-5-11(6-8-13)9-12(10-16(21)22)17(23)20-15-4-2-1-3-14(15)19/h1-8,12H,9-10H2,(H,20,23)(H,21,22)/p-1/t12-/m0/s1. The Morgan fingerprint density at radius 2 is 1.78 bits per heavy atom. The van der Waals surface area contributed by atoms with Crippen LogP contribution in [0.4, 0.5) is 5.69 Å². The number of carbonyl (C=O) groups is 2. The van der Waals surface area contributed by atoms with Crippen molar-refractivity contribution in [3.05, 3.63) is 62.1 Å². The molecule has 0 spiro atoms. The third kappa shape index (κ3) is 5.62. The predicted molar refractivity (Wildman–Crippen MR) is 98.7 cm³/mol. The molecule has 23 heavy (non-hydrogen) atoms. The molecule has 0 aliphatic carbocycles. The van der Waals surface area contributed by atoms with Gasteiger partial charge in [0, 0.05) is 19.9 Å². The fraction of sp³-hybridized carbons (Fsp3) is 0.176. The van der Waals surface area contributed by atoms with Crippen LogP contribution in [0.3, 0.4) is 0 Å². The number of anilines is 1. The second-order valence-electron chi connectivity index (χ2n) is 5.07. The Bertz CT molecular complexity index is 703. The summed E-state index contributed by atoms with van der Waals surface area (Å²) in [6.45, 7) is 0. The van der Waals surface area contributed by atoms with Crippen LogP contribution in [0, 0.1) is 9.49 Å². The van der Waals surface area contributed by atoms with Crippen molar-refractivity contribution in [3.63, 3.8) is 0 Å². The zero-order chi connectivity index (χ0) is 16.8. The van der Waals surface area contributed by atoms with E-state index >= 15 is 0 Å². The molecule has 1 atom stereocenters. The third-order valence-electron chi connectivity index (χ3n) is 3.31. The van der Waals surface area contributed by atoms with Gasteiger partial charge in [-0.05, 0) is 65.3 Å². The number of halogens is 2. The molecule has 0 saturated heterocycles. The molecule has 4 nitrogen and oxygen atoms in total. The van der Waals surface area contributed by atoms with Crippen LogP contribution in [0.25, 0.3) is 0 Å². The lowest BCUT2D eigenvalue weighted by Crippen LogP contribution is -2.32. The van der Waals surface area contributed by atoms with Gasteiger partial charge < -0.3 is 15.2 Å². The van der Waals surface area contributed by atoms with E-state index in [0.29, 0.717) is 12.1 Å². The molecule has 6 heteroatoms. The van der Waals surface area contributed by atoms with Gasteiger partial charge in [0.25, 0.3) is 0 Å². The minimum atomic E-state index is -1.23. The topological polar surface area (TPSA) is 69.2 Å². The summed E-state index contributed by atoms with van der Waals surface area (Å²) in [6, 6.07) is 14.8. The second-order valence-corrected chi connectivity index (χ2v) is 7.15. The van der Waals surface area contributed by atoms with Crippen LogP contribution < -0.4 is 10.4 Å². The molecule has 0 saturated carbocycles. The summed E-state index contributed by atoms with van der Waals surface area (Å²) in [5.41, 5.74) is 1.58. The fourth-order valence-electron chi connectivity index (χ4n) is 2.16. The lowest BCUT2D eigenvalue weighted by molar-refractivity contribution is -0.306. The van der Waals surface area contributed by atoms with Crippen LogP contribution in [0.15, 0.2) is 53.0 Å². The number of amides is 1. The molecule has 0 heterocycles. The molecular weight excluding hydrogens is 473 g/mol. The number of benzene rings is 2. The van der Waals surface area contributed by atoms with E-state index in [1.54, 1.807) is 6.07 Å². The SMILES string of the molecule is O=C([O-])C[C@H](Cc1ccc(Br)cc1)C(=O)Nc1ccccc1I. The highest BCUT2D eigenvalue weighted by atomic mass is 127. The van der Waals surface area contributed by atoms with E-state index in [1.165, 1.54) is 0 Å². The van der Waals surface area contributed by atoms with E-state index in [1.807, 2.05) is 42.5 Å². The van der Waals surface area contributed by atoms with Crippen molar-refractivity contribution in [1.82, 2.24) is 0 Å². The van der Waals surface area contributed by atoms with Gasteiger partial charge >= 0.3 is 0 Å². The van der Waals surface area contributed by atoms with E-state index < -0.39 is 11.9 Å². The molecule has 0 aliphatic rings. The first-order valence-electron chi connectivity index (χ1n) is 6.95. The molecule has 1 N–H and O–H groups in total. The third-order valence-corrected chi connectivity index (χ3v) is 4.78. The van der Waals surface area contributed by atoms with Crippen LogP contribution in [0.5, 0.6) is 0 Å². The monoisotopic (exact) mass is 486 g/mol. The Kier molecular flexibility index (Phi) is 6.59. The molecular formula is C17H14BrINO3-. The van der Waals surface area contributed by atoms with Crippen LogP contribution in [0.1, 0.15) is 12.0 Å². The van der Waals surface area contributed by atoms with Gasteiger partial charge in [-0.3, -0.25) is 4.79 Å².